The fourth-order valence-electron chi connectivity index (χ4n) is 1.60. The van der Waals surface area contributed by atoms with Crippen LogP contribution in [-0.2, 0) is 0 Å². The highest BCUT2D eigenvalue weighted by atomic mass is 15.1. The second-order valence-corrected chi connectivity index (χ2v) is 3.71. The zero-order valence-corrected chi connectivity index (χ0v) is 9.38. The molecule has 0 radical (unpaired) electrons. The smallest absolute Gasteiger partial charge is 0.220 e. The number of rotatable bonds is 2. The molecule has 1 aromatic carbocycles. The molecule has 2 aromatic rings. The largest absolute Gasteiger partial charge is 0.377 e. The number of nitrogens with two attached hydrogens (primary N) is 1. The second kappa shape index (κ2) is 4.18. The van der Waals surface area contributed by atoms with Gasteiger partial charge in [0.2, 0.25) is 5.95 Å². The van der Waals surface area contributed by atoms with Gasteiger partial charge in [0.05, 0.1) is 5.69 Å². The van der Waals surface area contributed by atoms with Gasteiger partial charge in [-0.15, -0.1) is 0 Å². The van der Waals surface area contributed by atoms with Crippen molar-refractivity contribution in [3.05, 3.63) is 36.5 Å². The van der Waals surface area contributed by atoms with Crippen LogP contribution in [0.25, 0.3) is 11.3 Å². The average molecular weight is 214 g/mol. The molecule has 0 spiro atoms. The molecule has 0 aliphatic carbocycles. The predicted octanol–water partition coefficient (Wildman–Crippen LogP) is 1.79. The Morgan fingerprint density at radius 2 is 1.88 bits per heavy atom. The molecule has 4 heteroatoms. The van der Waals surface area contributed by atoms with Crippen LogP contribution >= 0.6 is 0 Å². The zero-order valence-electron chi connectivity index (χ0n) is 9.38. The van der Waals surface area contributed by atoms with E-state index in [2.05, 4.69) is 9.97 Å². The molecule has 0 bridgehead atoms. The fourth-order valence-corrected chi connectivity index (χ4v) is 1.60. The summed E-state index contributed by atoms with van der Waals surface area (Å²) in [4.78, 5) is 10.2. The number of para-hydroxylation sites is 1. The Morgan fingerprint density at radius 1 is 1.12 bits per heavy atom. The van der Waals surface area contributed by atoms with E-state index >= 15 is 0 Å². The van der Waals surface area contributed by atoms with E-state index in [0.717, 1.165) is 16.9 Å². The van der Waals surface area contributed by atoms with Gasteiger partial charge < -0.3 is 10.6 Å². The zero-order chi connectivity index (χ0) is 11.5. The SMILES string of the molecule is CN(C)c1ccccc1-c1ccnc(N)n1. The Kier molecular flexibility index (Phi) is 2.72. The Bertz CT molecular complexity index is 494. The number of hydrogen-bond donors (Lipinski definition) is 1. The van der Waals surface area contributed by atoms with E-state index in [1.54, 1.807) is 6.20 Å². The van der Waals surface area contributed by atoms with Gasteiger partial charge in [-0.2, -0.15) is 0 Å². The summed E-state index contributed by atoms with van der Waals surface area (Å²) in [5, 5.41) is 0. The van der Waals surface area contributed by atoms with Crippen LogP contribution in [0.15, 0.2) is 36.5 Å². The van der Waals surface area contributed by atoms with Crippen molar-refractivity contribution < 1.29 is 0 Å². The monoisotopic (exact) mass is 214 g/mol. The van der Waals surface area contributed by atoms with Gasteiger partial charge >= 0.3 is 0 Å². The minimum absolute atomic E-state index is 0.297. The van der Waals surface area contributed by atoms with Crippen LogP contribution in [0.4, 0.5) is 11.6 Å². The Hall–Kier alpha value is -2.10. The van der Waals surface area contributed by atoms with E-state index in [9.17, 15) is 0 Å². The minimum Gasteiger partial charge on any atom is -0.377 e. The maximum absolute atomic E-state index is 5.59. The van der Waals surface area contributed by atoms with Gasteiger partial charge in [-0.3, -0.25) is 0 Å². The summed E-state index contributed by atoms with van der Waals surface area (Å²) < 4.78 is 0. The summed E-state index contributed by atoms with van der Waals surface area (Å²) in [6.45, 7) is 0. The summed E-state index contributed by atoms with van der Waals surface area (Å²) >= 11 is 0. The normalized spacial score (nSPS) is 10.1. The first-order chi connectivity index (χ1) is 7.68. The average Bonchev–Trinajstić information content (AvgIpc) is 2.29. The number of nitrogens with zero attached hydrogens (tertiary/aromatic N) is 3. The standard InChI is InChI=1S/C12H14N4/c1-16(2)11-6-4-3-5-9(11)10-7-8-14-12(13)15-10/h3-8H,1-2H3,(H2,13,14,15). The molecular weight excluding hydrogens is 200 g/mol. The minimum atomic E-state index is 0.297. The van der Waals surface area contributed by atoms with Crippen molar-refractivity contribution in [1.29, 1.82) is 0 Å². The summed E-state index contributed by atoms with van der Waals surface area (Å²) in [6, 6.07) is 9.92. The first-order valence-electron chi connectivity index (χ1n) is 5.04. The van der Waals surface area contributed by atoms with Crippen molar-refractivity contribution in [2.24, 2.45) is 0 Å². The van der Waals surface area contributed by atoms with Crippen LogP contribution in [0, 0.1) is 0 Å². The molecule has 0 aliphatic heterocycles. The lowest BCUT2D eigenvalue weighted by Gasteiger charge is -2.16. The van der Waals surface area contributed by atoms with Gasteiger partial charge in [0.1, 0.15) is 0 Å². The van der Waals surface area contributed by atoms with E-state index in [1.807, 2.05) is 49.3 Å². The Morgan fingerprint density at radius 3 is 2.56 bits per heavy atom. The van der Waals surface area contributed by atoms with Gasteiger partial charge in [0, 0.05) is 31.5 Å². The quantitative estimate of drug-likeness (QED) is 0.828. The number of benzene rings is 1. The molecule has 82 valence electrons. The van der Waals surface area contributed by atoms with Crippen LogP contribution in [0.1, 0.15) is 0 Å². The van der Waals surface area contributed by atoms with Crippen molar-refractivity contribution in [2.45, 2.75) is 0 Å². The molecule has 0 fully saturated rings. The van der Waals surface area contributed by atoms with Gasteiger partial charge in [0.15, 0.2) is 0 Å². The molecule has 0 atom stereocenters. The maximum atomic E-state index is 5.59. The van der Waals surface area contributed by atoms with Gasteiger partial charge in [-0.1, -0.05) is 18.2 Å². The fraction of sp³-hybridized carbons (Fsp3) is 0.167. The summed E-state index contributed by atoms with van der Waals surface area (Å²) in [5.74, 6) is 0.297. The van der Waals surface area contributed by atoms with E-state index in [-0.39, 0.29) is 0 Å². The first-order valence-corrected chi connectivity index (χ1v) is 5.04. The highest BCUT2D eigenvalue weighted by Crippen LogP contribution is 2.27. The molecule has 0 aliphatic rings. The van der Waals surface area contributed by atoms with Gasteiger partial charge in [0.25, 0.3) is 0 Å². The van der Waals surface area contributed by atoms with Crippen LogP contribution in [-0.4, -0.2) is 24.1 Å². The molecule has 2 rings (SSSR count). The highest BCUT2D eigenvalue weighted by molar-refractivity contribution is 5.76. The van der Waals surface area contributed by atoms with Crippen LogP contribution < -0.4 is 10.6 Å². The molecule has 1 heterocycles. The van der Waals surface area contributed by atoms with Crippen LogP contribution in [0.3, 0.4) is 0 Å². The number of anilines is 2. The van der Waals surface area contributed by atoms with Crippen molar-refractivity contribution in [3.63, 3.8) is 0 Å². The highest BCUT2D eigenvalue weighted by Gasteiger charge is 2.07. The second-order valence-electron chi connectivity index (χ2n) is 3.71. The van der Waals surface area contributed by atoms with Crippen molar-refractivity contribution >= 4 is 11.6 Å². The number of aromatic nitrogens is 2. The molecule has 16 heavy (non-hydrogen) atoms. The van der Waals surface area contributed by atoms with Crippen molar-refractivity contribution in [2.75, 3.05) is 24.7 Å². The molecule has 0 amide bonds. The summed E-state index contributed by atoms with van der Waals surface area (Å²) in [5.41, 5.74) is 8.60. The van der Waals surface area contributed by atoms with Gasteiger partial charge in [-0.25, -0.2) is 9.97 Å². The van der Waals surface area contributed by atoms with E-state index in [0.29, 0.717) is 5.95 Å². The van der Waals surface area contributed by atoms with Crippen LogP contribution in [0.2, 0.25) is 0 Å². The first kappa shape index (κ1) is 10.4. The van der Waals surface area contributed by atoms with Gasteiger partial charge in [-0.05, 0) is 12.1 Å². The summed E-state index contributed by atoms with van der Waals surface area (Å²) in [7, 11) is 4.01. The summed E-state index contributed by atoms with van der Waals surface area (Å²) in [6.07, 6.45) is 1.67. The Labute approximate surface area is 94.8 Å². The molecule has 0 saturated heterocycles. The third kappa shape index (κ3) is 1.95. The molecule has 4 nitrogen and oxygen atoms in total. The molecular formula is C12H14N4. The molecule has 0 saturated carbocycles. The topological polar surface area (TPSA) is 55.0 Å². The third-order valence-electron chi connectivity index (χ3n) is 2.34. The maximum Gasteiger partial charge on any atom is 0.220 e. The van der Waals surface area contributed by atoms with Crippen LogP contribution in [0.5, 0.6) is 0 Å². The van der Waals surface area contributed by atoms with Crippen molar-refractivity contribution in [3.8, 4) is 11.3 Å². The van der Waals surface area contributed by atoms with E-state index in [1.165, 1.54) is 0 Å². The Balaban J connectivity index is 2.55. The van der Waals surface area contributed by atoms with E-state index in [4.69, 9.17) is 5.73 Å². The lowest BCUT2D eigenvalue weighted by molar-refractivity contribution is 1.12. The number of hydrogen-bond acceptors (Lipinski definition) is 4. The molecule has 0 unspecified atom stereocenters. The van der Waals surface area contributed by atoms with E-state index < -0.39 is 0 Å². The predicted molar refractivity (Wildman–Crippen MR) is 66.2 cm³/mol. The molecule has 2 N–H and O–H groups in total. The molecule has 1 aromatic heterocycles. The number of nitrogen functional groups attached to an aromatic ring is 1. The lowest BCUT2D eigenvalue weighted by Crippen LogP contribution is -2.10. The van der Waals surface area contributed by atoms with Crippen molar-refractivity contribution in [1.82, 2.24) is 9.97 Å². The lowest BCUT2D eigenvalue weighted by atomic mass is 10.1. The third-order valence-corrected chi connectivity index (χ3v) is 2.34.